The standard InChI is InChI=1S/C46H49FN10O6/c1-45(2)42(46(3,4)43(45)63-35-9-7-27(22-48)37-29(35)6-5-13-50-37)57-36(58)10-8-33(41(57)62)56-39(60)30-20-32(47)34(21-31(30)40(56)61)54-18-16-53(17-19-54)25-26-11-14-55(15-12-26)44-51-23-28(24-52-44)38(49)59/h5-7,9,13,20-21,23-24,26,33,42-43H,8,10-12,14-19,25H2,1-4H3,(H2,49,59). The molecule has 4 aliphatic heterocycles. The molecule has 63 heavy (non-hydrogen) atoms. The monoisotopic (exact) mass is 856 g/mol. The molecule has 2 aromatic heterocycles. The number of rotatable bonds is 9. The number of pyridine rings is 1. The van der Waals surface area contributed by atoms with E-state index in [0.29, 0.717) is 60.3 Å². The molecule has 4 fully saturated rings. The SMILES string of the molecule is CC1(C)C(Oc2ccc(C#N)c3ncccc23)C(C)(C)C1N1C(=O)CCC(N2C(=O)c3cc(F)c(N4CCN(CC5CCN(c6ncc(C(N)=O)cn6)CC5)CC4)cc3C2=O)C1=O. The van der Waals surface area contributed by atoms with Crippen molar-refractivity contribution in [2.75, 3.05) is 55.6 Å². The van der Waals surface area contributed by atoms with Gasteiger partial charge < -0.3 is 20.3 Å². The summed E-state index contributed by atoms with van der Waals surface area (Å²) in [5, 5.41) is 10.3. The van der Waals surface area contributed by atoms with Gasteiger partial charge >= 0.3 is 0 Å². The molecule has 3 saturated heterocycles. The smallest absolute Gasteiger partial charge is 0.262 e. The van der Waals surface area contributed by atoms with E-state index in [1.807, 2.05) is 38.7 Å². The molecule has 6 heterocycles. The van der Waals surface area contributed by atoms with Gasteiger partial charge in [0.15, 0.2) is 0 Å². The molecule has 16 nitrogen and oxygen atoms in total. The Hall–Kier alpha value is -6.54. The lowest BCUT2D eigenvalue weighted by Gasteiger charge is -2.66. The summed E-state index contributed by atoms with van der Waals surface area (Å²) in [5.74, 6) is -2.11. The molecule has 4 aromatic rings. The van der Waals surface area contributed by atoms with E-state index in [9.17, 15) is 29.2 Å². The van der Waals surface area contributed by atoms with Crippen molar-refractivity contribution < 1.29 is 33.1 Å². The fourth-order valence-electron chi connectivity index (χ4n) is 11.1. The number of fused-ring (bicyclic) bond motifs is 2. The molecule has 2 aromatic carbocycles. The molecular formula is C46H49FN10O6. The van der Waals surface area contributed by atoms with Crippen molar-refractivity contribution in [3.8, 4) is 11.8 Å². The number of nitriles is 1. The molecule has 1 aliphatic carbocycles. The van der Waals surface area contributed by atoms with E-state index >= 15 is 4.39 Å². The summed E-state index contributed by atoms with van der Waals surface area (Å²) in [7, 11) is 0. The molecule has 0 radical (unpaired) electrons. The molecule has 326 valence electrons. The summed E-state index contributed by atoms with van der Waals surface area (Å²) >= 11 is 0. The number of carbonyl (C=O) groups is 5. The molecule has 1 atom stereocenters. The number of likely N-dealkylation sites (tertiary alicyclic amines) is 1. The van der Waals surface area contributed by atoms with Crippen LogP contribution in [0.3, 0.4) is 0 Å². The van der Waals surface area contributed by atoms with E-state index < -0.39 is 64.4 Å². The fourth-order valence-corrected chi connectivity index (χ4v) is 11.1. The molecule has 9 rings (SSSR count). The Morgan fingerprint density at radius 2 is 1.54 bits per heavy atom. The van der Waals surface area contributed by atoms with E-state index in [2.05, 4.69) is 30.8 Å². The molecular weight excluding hydrogens is 808 g/mol. The average Bonchev–Trinajstić information content (AvgIpc) is 3.51. The summed E-state index contributed by atoms with van der Waals surface area (Å²) in [6.45, 7) is 12.6. The maximum absolute atomic E-state index is 15.9. The van der Waals surface area contributed by atoms with Crippen LogP contribution in [-0.2, 0) is 9.59 Å². The van der Waals surface area contributed by atoms with Crippen molar-refractivity contribution in [2.45, 2.75) is 71.6 Å². The number of halogens is 1. The van der Waals surface area contributed by atoms with Crippen LogP contribution in [0, 0.1) is 33.9 Å². The second-order valence-corrected chi connectivity index (χ2v) is 18.5. The van der Waals surface area contributed by atoms with Gasteiger partial charge in [0.25, 0.3) is 23.6 Å². The maximum atomic E-state index is 15.9. The highest BCUT2D eigenvalue weighted by atomic mass is 19.1. The minimum atomic E-state index is -1.24. The van der Waals surface area contributed by atoms with Crippen LogP contribution < -0.4 is 20.3 Å². The third-order valence-electron chi connectivity index (χ3n) is 13.9. The first-order valence-corrected chi connectivity index (χ1v) is 21.5. The van der Waals surface area contributed by atoms with Gasteiger partial charge in [-0.1, -0.05) is 27.7 Å². The van der Waals surface area contributed by atoms with Crippen LogP contribution in [0.1, 0.15) is 90.0 Å². The first kappa shape index (κ1) is 41.8. The number of piperidine rings is 2. The molecule has 0 spiro atoms. The molecule has 5 amide bonds. The van der Waals surface area contributed by atoms with E-state index in [1.54, 1.807) is 24.4 Å². The summed E-state index contributed by atoms with van der Waals surface area (Å²) in [4.78, 5) is 89.2. The zero-order valence-electron chi connectivity index (χ0n) is 35.7. The normalized spacial score (nSPS) is 23.8. The lowest BCUT2D eigenvalue weighted by molar-refractivity contribution is -0.215. The van der Waals surface area contributed by atoms with E-state index in [1.165, 1.54) is 23.4 Å². The topological polar surface area (TPSA) is 199 Å². The Morgan fingerprint density at radius 3 is 2.19 bits per heavy atom. The highest BCUT2D eigenvalue weighted by Crippen LogP contribution is 2.59. The Kier molecular flexibility index (Phi) is 10.4. The lowest BCUT2D eigenvalue weighted by atomic mass is 9.48. The Labute approximate surface area is 363 Å². The number of imide groups is 2. The minimum absolute atomic E-state index is 0.0362. The van der Waals surface area contributed by atoms with Crippen LogP contribution in [0.15, 0.2) is 55.0 Å². The first-order valence-electron chi connectivity index (χ1n) is 21.5. The largest absolute Gasteiger partial charge is 0.488 e. The van der Waals surface area contributed by atoms with Gasteiger partial charge in [-0.25, -0.2) is 14.4 Å². The van der Waals surface area contributed by atoms with Gasteiger partial charge in [0.1, 0.15) is 29.8 Å². The molecule has 0 bridgehead atoms. The number of aromatic nitrogens is 3. The van der Waals surface area contributed by atoms with Gasteiger partial charge in [0.2, 0.25) is 11.9 Å². The van der Waals surface area contributed by atoms with Crippen molar-refractivity contribution in [2.24, 2.45) is 22.5 Å². The second kappa shape index (κ2) is 15.7. The van der Waals surface area contributed by atoms with Crippen LogP contribution in [0.4, 0.5) is 16.0 Å². The van der Waals surface area contributed by atoms with Crippen molar-refractivity contribution >= 4 is 52.1 Å². The van der Waals surface area contributed by atoms with Gasteiger partial charge in [0.05, 0.1) is 39.5 Å². The van der Waals surface area contributed by atoms with E-state index in [4.69, 9.17) is 10.5 Å². The molecule has 17 heteroatoms. The van der Waals surface area contributed by atoms with Gasteiger partial charge in [-0.2, -0.15) is 5.26 Å². The molecule has 1 unspecified atom stereocenters. The Balaban J connectivity index is 0.848. The van der Waals surface area contributed by atoms with Crippen LogP contribution in [0.2, 0.25) is 0 Å². The highest BCUT2D eigenvalue weighted by molar-refractivity contribution is 6.24. The lowest BCUT2D eigenvalue weighted by Crippen LogP contribution is -2.77. The predicted molar refractivity (Wildman–Crippen MR) is 228 cm³/mol. The average molecular weight is 857 g/mol. The number of anilines is 2. The van der Waals surface area contributed by atoms with Crippen molar-refractivity contribution in [3.05, 3.63) is 83.1 Å². The summed E-state index contributed by atoms with van der Waals surface area (Å²) < 4.78 is 22.6. The second-order valence-electron chi connectivity index (χ2n) is 18.5. The number of hydrogen-bond donors (Lipinski definition) is 1. The minimum Gasteiger partial charge on any atom is -0.488 e. The molecule has 5 aliphatic rings. The number of ether oxygens (including phenoxy) is 1. The van der Waals surface area contributed by atoms with Crippen molar-refractivity contribution in [1.82, 2.24) is 29.7 Å². The van der Waals surface area contributed by atoms with Crippen molar-refractivity contribution in [3.63, 3.8) is 0 Å². The highest BCUT2D eigenvalue weighted by Gasteiger charge is 2.68. The fraction of sp³-hybridized carbons (Fsp3) is 0.457. The number of primary amides is 1. The number of amides is 5. The Bertz CT molecular complexity index is 2580. The molecule has 2 N–H and O–H groups in total. The van der Waals surface area contributed by atoms with Crippen molar-refractivity contribution in [1.29, 1.82) is 5.26 Å². The number of carbonyl (C=O) groups excluding carboxylic acids is 5. The predicted octanol–water partition coefficient (Wildman–Crippen LogP) is 4.17. The van der Waals surface area contributed by atoms with Crippen LogP contribution in [0.5, 0.6) is 5.75 Å². The van der Waals surface area contributed by atoms with Crippen LogP contribution in [0.25, 0.3) is 10.9 Å². The number of piperazine rings is 1. The number of nitrogens with zero attached hydrogens (tertiary/aromatic N) is 9. The van der Waals surface area contributed by atoms with E-state index in [-0.39, 0.29) is 35.2 Å². The maximum Gasteiger partial charge on any atom is 0.262 e. The number of benzene rings is 2. The number of nitrogens with two attached hydrogens (primary N) is 1. The van der Waals surface area contributed by atoms with Gasteiger partial charge in [0, 0.05) is 87.0 Å². The zero-order valence-corrected chi connectivity index (χ0v) is 35.7. The third-order valence-corrected chi connectivity index (χ3v) is 13.9. The summed E-state index contributed by atoms with van der Waals surface area (Å²) in [6, 6.07) is 9.80. The quantitative estimate of drug-likeness (QED) is 0.236. The van der Waals surface area contributed by atoms with Gasteiger partial charge in [-0.15, -0.1) is 0 Å². The summed E-state index contributed by atoms with van der Waals surface area (Å²) in [6.07, 6.45) is 5.82. The van der Waals surface area contributed by atoms with Gasteiger partial charge in [-0.3, -0.25) is 43.7 Å². The third kappa shape index (κ3) is 7.00. The van der Waals surface area contributed by atoms with Crippen LogP contribution >= 0.6 is 0 Å². The first-order chi connectivity index (χ1) is 30.1. The summed E-state index contributed by atoms with van der Waals surface area (Å²) in [5.41, 5.74) is 5.14. The Morgan fingerprint density at radius 1 is 0.873 bits per heavy atom. The van der Waals surface area contributed by atoms with Crippen LogP contribution in [-0.4, -0.2) is 123 Å². The number of hydrogen-bond acceptors (Lipinski definition) is 13. The van der Waals surface area contributed by atoms with Gasteiger partial charge in [-0.05, 0) is 61.6 Å². The zero-order chi connectivity index (χ0) is 44.5. The molecule has 1 saturated carbocycles. The van der Waals surface area contributed by atoms with E-state index in [0.717, 1.165) is 43.4 Å².